The van der Waals surface area contributed by atoms with Crippen molar-refractivity contribution in [3.8, 4) is 0 Å². The van der Waals surface area contributed by atoms with Crippen molar-refractivity contribution in [3.05, 3.63) is 0 Å². The number of likely N-dealkylation sites (tertiary alicyclic amines) is 1. The molecule has 0 aromatic rings. The van der Waals surface area contributed by atoms with Gasteiger partial charge in [-0.15, -0.1) is 0 Å². The van der Waals surface area contributed by atoms with Gasteiger partial charge in [-0.05, 0) is 18.8 Å². The fraction of sp³-hybridized carbons (Fsp3) is 0.900. The van der Waals surface area contributed by atoms with Crippen LogP contribution in [0.2, 0.25) is 0 Å². The molecule has 0 aromatic carbocycles. The summed E-state index contributed by atoms with van der Waals surface area (Å²) in [7, 11) is 0. The third-order valence-corrected chi connectivity index (χ3v) is 2.79. The monoisotopic (exact) mass is 169 g/mol. The normalized spacial score (nSPS) is 25.2. The van der Waals surface area contributed by atoms with E-state index in [-0.39, 0.29) is 5.91 Å². The summed E-state index contributed by atoms with van der Waals surface area (Å²) in [6.45, 7) is 5.87. The van der Waals surface area contributed by atoms with Crippen molar-refractivity contribution in [3.63, 3.8) is 0 Å². The van der Waals surface area contributed by atoms with Crippen molar-refractivity contribution in [2.75, 3.05) is 13.1 Å². The van der Waals surface area contributed by atoms with Gasteiger partial charge in [-0.1, -0.05) is 19.8 Å². The van der Waals surface area contributed by atoms with Crippen molar-refractivity contribution in [2.24, 2.45) is 5.92 Å². The van der Waals surface area contributed by atoms with Crippen LogP contribution in [0.15, 0.2) is 0 Å². The van der Waals surface area contributed by atoms with Crippen molar-refractivity contribution in [2.45, 2.75) is 39.5 Å². The first-order valence-electron chi connectivity index (χ1n) is 4.99. The van der Waals surface area contributed by atoms with E-state index in [4.69, 9.17) is 0 Å². The van der Waals surface area contributed by atoms with Gasteiger partial charge in [0.05, 0.1) is 0 Å². The predicted octanol–water partition coefficient (Wildman–Crippen LogP) is 2.04. The van der Waals surface area contributed by atoms with Gasteiger partial charge in [-0.2, -0.15) is 0 Å². The van der Waals surface area contributed by atoms with E-state index in [1.165, 1.54) is 25.7 Å². The number of hydrogen-bond acceptors (Lipinski definition) is 1. The summed E-state index contributed by atoms with van der Waals surface area (Å²) in [5, 5.41) is 0. The number of nitrogens with zero attached hydrogens (tertiary/aromatic N) is 1. The first-order valence-corrected chi connectivity index (χ1v) is 4.99. The van der Waals surface area contributed by atoms with E-state index in [1.54, 1.807) is 6.92 Å². The zero-order valence-corrected chi connectivity index (χ0v) is 8.18. The fourth-order valence-corrected chi connectivity index (χ4v) is 1.85. The van der Waals surface area contributed by atoms with Gasteiger partial charge in [0.1, 0.15) is 0 Å². The first-order chi connectivity index (χ1) is 5.74. The predicted molar refractivity (Wildman–Crippen MR) is 49.9 cm³/mol. The van der Waals surface area contributed by atoms with Gasteiger partial charge in [-0.3, -0.25) is 4.79 Å². The second kappa shape index (κ2) is 4.48. The van der Waals surface area contributed by atoms with Gasteiger partial charge in [-0.25, -0.2) is 0 Å². The summed E-state index contributed by atoms with van der Waals surface area (Å²) >= 11 is 0. The molecule has 0 aliphatic carbocycles. The molecule has 0 N–H and O–H groups in total. The average molecular weight is 169 g/mol. The molecule has 0 spiro atoms. The Labute approximate surface area is 74.9 Å². The molecule has 2 heteroatoms. The second-order valence-electron chi connectivity index (χ2n) is 3.74. The Morgan fingerprint density at radius 3 is 2.83 bits per heavy atom. The summed E-state index contributed by atoms with van der Waals surface area (Å²) in [6.07, 6.45) is 5.00. The number of hydrogen-bond donors (Lipinski definition) is 0. The number of carbonyl (C=O) groups excluding carboxylic acids is 1. The molecule has 1 fully saturated rings. The molecule has 0 radical (unpaired) electrons. The van der Waals surface area contributed by atoms with Crippen LogP contribution in [0.25, 0.3) is 0 Å². The third-order valence-electron chi connectivity index (χ3n) is 2.79. The van der Waals surface area contributed by atoms with Gasteiger partial charge in [0.25, 0.3) is 0 Å². The Hall–Kier alpha value is -0.530. The van der Waals surface area contributed by atoms with E-state index in [9.17, 15) is 4.79 Å². The van der Waals surface area contributed by atoms with Crippen molar-refractivity contribution < 1.29 is 4.79 Å². The lowest BCUT2D eigenvalue weighted by Gasteiger charge is -2.22. The lowest BCUT2D eigenvalue weighted by atomic mass is 10.0. The molecule has 1 saturated heterocycles. The lowest BCUT2D eigenvalue weighted by molar-refractivity contribution is -0.129. The topological polar surface area (TPSA) is 20.3 Å². The summed E-state index contributed by atoms with van der Waals surface area (Å²) < 4.78 is 0. The Bertz CT molecular complexity index is 156. The van der Waals surface area contributed by atoms with Crippen LogP contribution in [-0.2, 0) is 4.79 Å². The highest BCUT2D eigenvalue weighted by Gasteiger charge is 2.17. The summed E-state index contributed by atoms with van der Waals surface area (Å²) in [4.78, 5) is 13.1. The standard InChI is InChI=1S/C10H19NO/c1-3-10-6-4-5-7-11(8-10)9(2)12/h10H,3-8H2,1-2H3. The van der Waals surface area contributed by atoms with Crippen LogP contribution in [0, 0.1) is 5.92 Å². The smallest absolute Gasteiger partial charge is 0.219 e. The van der Waals surface area contributed by atoms with Gasteiger partial charge < -0.3 is 4.90 Å². The van der Waals surface area contributed by atoms with E-state index >= 15 is 0 Å². The Morgan fingerprint density at radius 1 is 1.50 bits per heavy atom. The van der Waals surface area contributed by atoms with Crippen molar-refractivity contribution >= 4 is 5.91 Å². The molecule has 0 saturated carbocycles. The molecule has 1 rings (SSSR count). The maximum atomic E-state index is 11.1. The van der Waals surface area contributed by atoms with E-state index in [1.807, 2.05) is 4.90 Å². The van der Waals surface area contributed by atoms with Gasteiger partial charge >= 0.3 is 0 Å². The highest BCUT2D eigenvalue weighted by Crippen LogP contribution is 2.18. The Balaban J connectivity index is 2.47. The van der Waals surface area contributed by atoms with Crippen LogP contribution in [-0.4, -0.2) is 23.9 Å². The number of carbonyl (C=O) groups is 1. The van der Waals surface area contributed by atoms with Crippen LogP contribution in [0.5, 0.6) is 0 Å². The summed E-state index contributed by atoms with van der Waals surface area (Å²) in [5.74, 6) is 0.992. The largest absolute Gasteiger partial charge is 0.343 e. The quantitative estimate of drug-likeness (QED) is 0.588. The first kappa shape index (κ1) is 9.56. The minimum absolute atomic E-state index is 0.246. The Kier molecular flexibility index (Phi) is 3.57. The van der Waals surface area contributed by atoms with Gasteiger partial charge in [0.2, 0.25) is 5.91 Å². The van der Waals surface area contributed by atoms with Crippen molar-refractivity contribution in [1.29, 1.82) is 0 Å². The zero-order valence-electron chi connectivity index (χ0n) is 8.18. The van der Waals surface area contributed by atoms with E-state index in [0.29, 0.717) is 0 Å². The molecule has 2 nitrogen and oxygen atoms in total. The lowest BCUT2D eigenvalue weighted by Crippen LogP contribution is -2.32. The molecule has 1 aliphatic heterocycles. The van der Waals surface area contributed by atoms with Crippen LogP contribution in [0.1, 0.15) is 39.5 Å². The van der Waals surface area contributed by atoms with Crippen LogP contribution >= 0.6 is 0 Å². The van der Waals surface area contributed by atoms with E-state index in [0.717, 1.165) is 19.0 Å². The van der Waals surface area contributed by atoms with Crippen molar-refractivity contribution in [1.82, 2.24) is 4.90 Å². The second-order valence-corrected chi connectivity index (χ2v) is 3.74. The molecular weight excluding hydrogens is 150 g/mol. The number of amides is 1. The molecule has 0 aromatic heterocycles. The highest BCUT2D eigenvalue weighted by molar-refractivity contribution is 5.73. The number of rotatable bonds is 1. The molecule has 12 heavy (non-hydrogen) atoms. The SMILES string of the molecule is CCC1CCCCN(C(C)=O)C1. The summed E-state index contributed by atoms with van der Waals surface area (Å²) in [5.41, 5.74) is 0. The molecule has 1 aliphatic rings. The fourth-order valence-electron chi connectivity index (χ4n) is 1.85. The van der Waals surface area contributed by atoms with Crippen LogP contribution in [0.3, 0.4) is 0 Å². The minimum Gasteiger partial charge on any atom is -0.343 e. The van der Waals surface area contributed by atoms with Gasteiger partial charge in [0, 0.05) is 20.0 Å². The van der Waals surface area contributed by atoms with Gasteiger partial charge in [0.15, 0.2) is 0 Å². The maximum absolute atomic E-state index is 11.1. The molecule has 1 atom stereocenters. The summed E-state index contributed by atoms with van der Waals surface area (Å²) in [6, 6.07) is 0. The molecule has 1 amide bonds. The zero-order chi connectivity index (χ0) is 8.97. The molecule has 1 unspecified atom stereocenters. The maximum Gasteiger partial charge on any atom is 0.219 e. The van der Waals surface area contributed by atoms with E-state index < -0.39 is 0 Å². The Morgan fingerprint density at radius 2 is 2.25 bits per heavy atom. The highest BCUT2D eigenvalue weighted by atomic mass is 16.2. The van der Waals surface area contributed by atoms with Crippen LogP contribution in [0.4, 0.5) is 0 Å². The average Bonchev–Trinajstić information content (AvgIpc) is 2.28. The molecule has 0 bridgehead atoms. The molecular formula is C10H19NO. The van der Waals surface area contributed by atoms with Crippen LogP contribution < -0.4 is 0 Å². The molecule has 1 heterocycles. The minimum atomic E-state index is 0.246. The van der Waals surface area contributed by atoms with E-state index in [2.05, 4.69) is 6.92 Å². The molecule has 70 valence electrons. The third kappa shape index (κ3) is 2.50.